The Morgan fingerprint density at radius 2 is 2.00 bits per heavy atom. The number of hydrogen-bond acceptors (Lipinski definition) is 2. The topological polar surface area (TPSA) is 37.9 Å². The number of aromatic nitrogens is 2. The Hall–Kier alpha value is -1.06. The number of hydrogen-bond donors (Lipinski definition) is 1. The van der Waals surface area contributed by atoms with E-state index in [0.29, 0.717) is 11.4 Å². The summed E-state index contributed by atoms with van der Waals surface area (Å²) in [5.74, 6) is -0.0839. The van der Waals surface area contributed by atoms with Gasteiger partial charge in [-0.15, -0.1) is 5.10 Å². The van der Waals surface area contributed by atoms with E-state index in [0.717, 1.165) is 0 Å². The van der Waals surface area contributed by atoms with E-state index in [1.165, 1.54) is 7.11 Å². The van der Waals surface area contributed by atoms with Crippen LogP contribution in [0.3, 0.4) is 0 Å². The smallest absolute Gasteiger partial charge is 0.240 e. The Morgan fingerprint density at radius 1 is 1.42 bits per heavy atom. The van der Waals surface area contributed by atoms with Crippen LogP contribution in [0.15, 0.2) is 0 Å². The van der Waals surface area contributed by atoms with Gasteiger partial charge in [-0.3, -0.25) is 0 Å². The molecule has 0 aliphatic heterocycles. The maximum atomic E-state index is 13.1. The van der Waals surface area contributed by atoms with Crippen molar-refractivity contribution in [3.05, 3.63) is 11.5 Å². The number of H-pyrrole nitrogens is 1. The summed E-state index contributed by atoms with van der Waals surface area (Å²) < 4.78 is 18.0. The molecule has 68 valence electrons. The van der Waals surface area contributed by atoms with E-state index in [-0.39, 0.29) is 5.41 Å². The highest BCUT2D eigenvalue weighted by Gasteiger charge is 2.26. The zero-order chi connectivity index (χ0) is 9.35. The quantitative estimate of drug-likeness (QED) is 0.702. The molecule has 1 N–H and O–H groups in total. The molecule has 12 heavy (non-hydrogen) atoms. The van der Waals surface area contributed by atoms with Crippen LogP contribution in [-0.4, -0.2) is 17.3 Å². The van der Waals surface area contributed by atoms with E-state index in [9.17, 15) is 4.39 Å². The molecule has 0 saturated carbocycles. The number of nitrogens with one attached hydrogen (secondary N) is 1. The molecule has 0 radical (unpaired) electrons. The molecule has 3 nitrogen and oxygen atoms in total. The van der Waals surface area contributed by atoms with E-state index < -0.39 is 5.95 Å². The molecular weight excluding hydrogens is 159 g/mol. The first-order chi connectivity index (χ1) is 5.46. The second kappa shape index (κ2) is 2.77. The lowest BCUT2D eigenvalue weighted by Crippen LogP contribution is -2.13. The van der Waals surface area contributed by atoms with E-state index in [1.54, 1.807) is 0 Å². The zero-order valence-corrected chi connectivity index (χ0v) is 7.73. The van der Waals surface area contributed by atoms with Gasteiger partial charge in [-0.1, -0.05) is 20.8 Å². The number of halogens is 1. The minimum Gasteiger partial charge on any atom is -0.481 e. The predicted octanol–water partition coefficient (Wildman–Crippen LogP) is 1.85. The van der Waals surface area contributed by atoms with Crippen LogP contribution in [0.25, 0.3) is 0 Å². The Bertz CT molecular complexity index is 275. The number of nitrogens with zero attached hydrogens (tertiary/aromatic N) is 1. The molecule has 0 aliphatic carbocycles. The summed E-state index contributed by atoms with van der Waals surface area (Å²) >= 11 is 0. The van der Waals surface area contributed by atoms with Crippen molar-refractivity contribution in [1.29, 1.82) is 0 Å². The molecule has 0 atom stereocenters. The van der Waals surface area contributed by atoms with Gasteiger partial charge in [0.1, 0.15) is 0 Å². The van der Waals surface area contributed by atoms with Crippen molar-refractivity contribution >= 4 is 0 Å². The highest BCUT2D eigenvalue weighted by Crippen LogP contribution is 2.31. The number of rotatable bonds is 1. The third kappa shape index (κ3) is 1.42. The Balaban J connectivity index is 3.19. The van der Waals surface area contributed by atoms with Crippen LogP contribution in [0.1, 0.15) is 26.3 Å². The standard InChI is InChI=1S/C8H13FN2O/c1-8(2,3)5-6(9)10-11-7(5)12-4/h1-4H3,(H,10,11). The van der Waals surface area contributed by atoms with Crippen LogP contribution in [0.4, 0.5) is 4.39 Å². The first-order valence-corrected chi connectivity index (χ1v) is 3.75. The van der Waals surface area contributed by atoms with Gasteiger partial charge in [0, 0.05) is 0 Å². The van der Waals surface area contributed by atoms with Crippen molar-refractivity contribution in [2.45, 2.75) is 26.2 Å². The Morgan fingerprint density at radius 3 is 2.33 bits per heavy atom. The summed E-state index contributed by atoms with van der Waals surface area (Å²) in [6.07, 6.45) is 0. The van der Waals surface area contributed by atoms with Crippen molar-refractivity contribution in [3.63, 3.8) is 0 Å². The lowest BCUT2D eigenvalue weighted by atomic mass is 9.89. The highest BCUT2D eigenvalue weighted by molar-refractivity contribution is 5.30. The lowest BCUT2D eigenvalue weighted by molar-refractivity contribution is 0.380. The lowest BCUT2D eigenvalue weighted by Gasteiger charge is -2.17. The normalized spacial score (nSPS) is 11.8. The van der Waals surface area contributed by atoms with Gasteiger partial charge in [0.2, 0.25) is 11.8 Å². The first-order valence-electron chi connectivity index (χ1n) is 3.75. The fraction of sp³-hybridized carbons (Fsp3) is 0.625. The third-order valence-corrected chi connectivity index (χ3v) is 1.64. The van der Waals surface area contributed by atoms with Crippen molar-refractivity contribution in [3.8, 4) is 5.88 Å². The molecular formula is C8H13FN2O. The maximum Gasteiger partial charge on any atom is 0.240 e. The molecule has 0 fully saturated rings. The van der Waals surface area contributed by atoms with Crippen LogP contribution < -0.4 is 4.74 Å². The van der Waals surface area contributed by atoms with Crippen LogP contribution in [0.5, 0.6) is 5.88 Å². The van der Waals surface area contributed by atoms with Crippen LogP contribution in [0, 0.1) is 5.95 Å². The highest BCUT2D eigenvalue weighted by atomic mass is 19.1. The SMILES string of the molecule is COc1[nH]nc(F)c1C(C)(C)C. The fourth-order valence-electron chi connectivity index (χ4n) is 1.10. The van der Waals surface area contributed by atoms with E-state index >= 15 is 0 Å². The Kier molecular flexibility index (Phi) is 2.08. The predicted molar refractivity (Wildman–Crippen MR) is 43.8 cm³/mol. The average Bonchev–Trinajstić information content (AvgIpc) is 2.29. The largest absolute Gasteiger partial charge is 0.481 e. The van der Waals surface area contributed by atoms with E-state index in [1.807, 2.05) is 20.8 Å². The summed E-state index contributed by atoms with van der Waals surface area (Å²) in [6, 6.07) is 0. The van der Waals surface area contributed by atoms with Gasteiger partial charge in [0.25, 0.3) is 0 Å². The molecule has 0 spiro atoms. The molecule has 1 heterocycles. The minimum atomic E-state index is -0.487. The fourth-order valence-corrected chi connectivity index (χ4v) is 1.10. The summed E-state index contributed by atoms with van der Waals surface area (Å²) in [7, 11) is 1.49. The summed E-state index contributed by atoms with van der Waals surface area (Å²) in [5, 5.41) is 5.92. The molecule has 4 heteroatoms. The molecule has 0 saturated heterocycles. The van der Waals surface area contributed by atoms with E-state index in [4.69, 9.17) is 4.74 Å². The molecule has 1 aromatic heterocycles. The third-order valence-electron chi connectivity index (χ3n) is 1.64. The van der Waals surface area contributed by atoms with Crippen LogP contribution >= 0.6 is 0 Å². The van der Waals surface area contributed by atoms with Crippen molar-refractivity contribution in [1.82, 2.24) is 10.2 Å². The average molecular weight is 172 g/mol. The van der Waals surface area contributed by atoms with Crippen LogP contribution in [-0.2, 0) is 5.41 Å². The second-order valence-electron chi connectivity index (χ2n) is 3.67. The van der Waals surface area contributed by atoms with Crippen molar-refractivity contribution in [2.24, 2.45) is 0 Å². The summed E-state index contributed by atoms with van der Waals surface area (Å²) in [5.41, 5.74) is 0.201. The molecule has 1 rings (SSSR count). The van der Waals surface area contributed by atoms with Crippen molar-refractivity contribution in [2.75, 3.05) is 7.11 Å². The molecule has 0 amide bonds. The summed E-state index contributed by atoms with van der Waals surface area (Å²) in [4.78, 5) is 0. The van der Waals surface area contributed by atoms with Gasteiger partial charge in [-0.05, 0) is 5.41 Å². The molecule has 1 aromatic rings. The monoisotopic (exact) mass is 172 g/mol. The van der Waals surface area contributed by atoms with Gasteiger partial charge in [-0.2, -0.15) is 4.39 Å². The number of aromatic amines is 1. The van der Waals surface area contributed by atoms with Gasteiger partial charge < -0.3 is 4.74 Å². The first kappa shape index (κ1) is 9.03. The zero-order valence-electron chi connectivity index (χ0n) is 7.73. The van der Waals surface area contributed by atoms with Gasteiger partial charge in [0.05, 0.1) is 12.7 Å². The van der Waals surface area contributed by atoms with Gasteiger partial charge >= 0.3 is 0 Å². The number of ether oxygens (including phenoxy) is 1. The van der Waals surface area contributed by atoms with Crippen molar-refractivity contribution < 1.29 is 9.13 Å². The second-order valence-corrected chi connectivity index (χ2v) is 3.67. The van der Waals surface area contributed by atoms with Gasteiger partial charge in [0.15, 0.2) is 0 Å². The Labute approximate surface area is 70.9 Å². The molecule has 0 aromatic carbocycles. The molecule has 0 unspecified atom stereocenters. The number of methoxy groups -OCH3 is 1. The van der Waals surface area contributed by atoms with E-state index in [2.05, 4.69) is 10.2 Å². The van der Waals surface area contributed by atoms with Crippen LogP contribution in [0.2, 0.25) is 0 Å². The minimum absolute atomic E-state index is 0.289. The van der Waals surface area contributed by atoms with Gasteiger partial charge in [-0.25, -0.2) is 5.10 Å². The molecule has 0 aliphatic rings. The summed E-state index contributed by atoms with van der Waals surface area (Å²) in [6.45, 7) is 5.72. The maximum absolute atomic E-state index is 13.1. The molecule has 0 bridgehead atoms.